The highest BCUT2D eigenvalue weighted by atomic mass is 79.9. The summed E-state index contributed by atoms with van der Waals surface area (Å²) in [6.45, 7) is 18.9. The molecule has 135 heavy (non-hydrogen) atoms. The van der Waals surface area contributed by atoms with Crippen molar-refractivity contribution in [2.75, 3.05) is 56.2 Å². The first-order valence-corrected chi connectivity index (χ1v) is 43.8. The molecule has 0 bridgehead atoms. The summed E-state index contributed by atoms with van der Waals surface area (Å²) in [4.78, 5) is 131. The normalized spacial score (nSPS) is 12.5. The number of aromatic nitrogens is 6. The second-order valence-corrected chi connectivity index (χ2v) is 35.2. The Balaban J connectivity index is 0.000000164. The van der Waals surface area contributed by atoms with Crippen molar-refractivity contribution in [1.29, 1.82) is 0 Å². The van der Waals surface area contributed by atoms with E-state index in [1.165, 1.54) is 36.5 Å². The SMILES string of the molecule is CC1(C)OB(c2ccc(C(=O)Nc3ccccc3)cc2)OC1(C)C.CN(C(=O)OC(C)(C)C)c1cccc(-n2c(=O)n(-c3ccc(C(=O)Cc4ccccc4)cc3)c3c(N)ncnc32)c1.CN(C(=O)OC(C)(C)C)c1cccc(N2C(=O)Cc3c(N)ncnc32)c1.O=C(Nc1ccccc1)c1ccc(Br)cc1.O=C(Nc1ccccc1)c1ccc(O[B]O)cc1.O=C(O)c1ccc(Br)cc1. The third kappa shape index (κ3) is 27.5. The number of ketones is 1. The molecule has 1 radical (unpaired) electrons. The topological polar surface area (TPSA) is 400 Å². The van der Waals surface area contributed by atoms with Crippen molar-refractivity contribution in [2.24, 2.45) is 0 Å². The maximum atomic E-state index is 13.9. The molecule has 0 atom stereocenters. The molecule has 1 saturated heterocycles. The Kier molecular flexibility index (Phi) is 33.6. The molecule has 1 fully saturated rings. The van der Waals surface area contributed by atoms with Crippen LogP contribution in [-0.2, 0) is 36.4 Å². The van der Waals surface area contributed by atoms with Crippen LogP contribution in [0, 0.1) is 0 Å². The van der Waals surface area contributed by atoms with Gasteiger partial charge in [-0.1, -0.05) is 141 Å². The van der Waals surface area contributed by atoms with E-state index in [9.17, 15) is 43.2 Å². The minimum Gasteiger partial charge on any atom is -0.537 e. The predicted octanol–water partition coefficient (Wildman–Crippen LogP) is 18.5. The van der Waals surface area contributed by atoms with Crippen molar-refractivity contribution < 1.29 is 71.9 Å². The number of fused-ring (bicyclic) bond motifs is 2. The number of carbonyl (C=O) groups excluding carboxylic acids is 7. The van der Waals surface area contributed by atoms with E-state index in [-0.39, 0.29) is 59.3 Å². The van der Waals surface area contributed by atoms with Gasteiger partial charge in [0.05, 0.1) is 40.2 Å². The number of nitrogen functional groups attached to an aromatic ring is 2. The van der Waals surface area contributed by atoms with E-state index in [1.54, 1.807) is 201 Å². The van der Waals surface area contributed by atoms with Gasteiger partial charge in [0.15, 0.2) is 17.2 Å². The van der Waals surface area contributed by atoms with Crippen LogP contribution in [0.25, 0.3) is 22.5 Å². The molecule has 3 aromatic heterocycles. The van der Waals surface area contributed by atoms with Gasteiger partial charge in [-0.3, -0.25) is 43.2 Å². The number of rotatable bonds is 18. The molecule has 14 aromatic rings. The number of nitrogens with one attached hydrogen (secondary N) is 3. The van der Waals surface area contributed by atoms with Gasteiger partial charge in [0.1, 0.15) is 46.8 Å². The van der Waals surface area contributed by atoms with Gasteiger partial charge in [-0.05, 0) is 262 Å². The molecule has 2 aliphatic rings. The Morgan fingerprint density at radius 2 is 0.896 bits per heavy atom. The number of para-hydroxylation sites is 3. The zero-order chi connectivity index (χ0) is 97.5. The molecule has 0 saturated carbocycles. The molecular weight excluding hydrogens is 1850 g/mol. The molecule has 0 spiro atoms. The summed E-state index contributed by atoms with van der Waals surface area (Å²) in [5, 5.41) is 25.4. The number of halogens is 2. The zero-order valence-corrected chi connectivity index (χ0v) is 79.2. The van der Waals surface area contributed by atoms with Crippen molar-refractivity contribution in [3.8, 4) is 17.1 Å². The van der Waals surface area contributed by atoms with E-state index < -0.39 is 42.2 Å². The average Bonchev–Trinajstić information content (AvgIpc) is 1.58. The fourth-order valence-electron chi connectivity index (χ4n) is 13.0. The molecule has 0 aliphatic carbocycles. The summed E-state index contributed by atoms with van der Waals surface area (Å²) in [5.41, 5.74) is 20.3. The number of carbonyl (C=O) groups is 8. The van der Waals surface area contributed by atoms with Crippen molar-refractivity contribution in [3.05, 3.63) is 362 Å². The lowest BCUT2D eigenvalue weighted by Crippen LogP contribution is -2.41. The summed E-state index contributed by atoms with van der Waals surface area (Å²) in [5.74, 6) is -0.150. The number of ether oxygens (including phenoxy) is 2. The summed E-state index contributed by atoms with van der Waals surface area (Å²) >= 11 is 6.53. The lowest BCUT2D eigenvalue weighted by molar-refractivity contribution is -0.116. The lowest BCUT2D eigenvalue weighted by atomic mass is 9.79. The molecule has 2 aliphatic heterocycles. The first-order valence-electron chi connectivity index (χ1n) is 42.2. The Bertz CT molecular complexity index is 6550. The highest BCUT2D eigenvalue weighted by Gasteiger charge is 2.52. The molecular formula is C101H99B2Br2N14O16. The van der Waals surface area contributed by atoms with Gasteiger partial charge in [0.25, 0.3) is 17.7 Å². The monoisotopic (exact) mass is 1940 g/mol. The van der Waals surface area contributed by atoms with Gasteiger partial charge >= 0.3 is 38.6 Å². The first-order chi connectivity index (χ1) is 64.2. The number of amides is 6. The van der Waals surface area contributed by atoms with E-state index in [0.717, 1.165) is 37.0 Å². The van der Waals surface area contributed by atoms with Crippen LogP contribution in [-0.4, -0.2) is 138 Å². The number of anilines is 9. The van der Waals surface area contributed by atoms with Crippen molar-refractivity contribution in [3.63, 3.8) is 0 Å². The zero-order valence-electron chi connectivity index (χ0n) is 76.0. The maximum Gasteiger partial charge on any atom is 0.569 e. The minimum atomic E-state index is -0.896. The van der Waals surface area contributed by atoms with E-state index in [2.05, 4.69) is 67.7 Å². The minimum absolute atomic E-state index is 0.0358. The quantitative estimate of drug-likeness (QED) is 0.0310. The summed E-state index contributed by atoms with van der Waals surface area (Å²) in [7, 11) is 3.40. The predicted molar refractivity (Wildman–Crippen MR) is 532 cm³/mol. The third-order valence-electron chi connectivity index (χ3n) is 20.6. The second-order valence-electron chi connectivity index (χ2n) is 33.3. The number of nitrogens with zero attached hydrogens (tertiary/aromatic N) is 9. The van der Waals surface area contributed by atoms with Crippen LogP contribution in [0.1, 0.15) is 132 Å². The van der Waals surface area contributed by atoms with E-state index in [0.29, 0.717) is 98.1 Å². The van der Waals surface area contributed by atoms with Gasteiger partial charge in [0, 0.05) is 85.7 Å². The largest absolute Gasteiger partial charge is 0.569 e. The number of Topliss-reactive ketones (excluding diaryl/α,β-unsaturated/α-hetero) is 1. The summed E-state index contributed by atoms with van der Waals surface area (Å²) < 4.78 is 32.3. The number of nitrogens with two attached hydrogens (primary N) is 2. The smallest absolute Gasteiger partial charge is 0.537 e. The number of hydrogen-bond donors (Lipinski definition) is 7. The molecule has 689 valence electrons. The van der Waals surface area contributed by atoms with Gasteiger partial charge in [-0.15, -0.1) is 0 Å². The number of hydrogen-bond acceptors (Lipinski definition) is 21. The summed E-state index contributed by atoms with van der Waals surface area (Å²) in [6, 6.07) is 85.8. The standard InChI is InChI=1S/C31H30N6O4.C19H22BNO3.C18H21N5O3.C13H11BNO3.C13H10BrNO.C7H5BrO2/c1-31(2,3)41-30(40)35(4)23-11-8-12-24(18-23)37-28-26(27(32)33-19-34-28)36(29(37)39)22-15-13-21(14-16-22)25(38)17-20-9-6-5-7-10-20;1-18(2)19(3,4)24-20(23-18)15-12-10-14(11-13-15)17(22)21-16-8-6-5-7-9-16;1-18(2,3)26-17(25)22(4)11-6-5-7-12(8-11)23-14(24)9-13-15(19)20-10-21-16(13)23;16-13(15-11-4-2-1-3-5-11)10-6-8-12(9-7-10)18-14-17;14-11-8-6-10(7-9-11)13(16)15-12-4-2-1-3-5-12;8-6-3-1-5(2-4-6)7(9)10/h5-16,18-19H,17H2,1-4H3,(H2,32,33,34);5-13H,1-4H3,(H,21,22);5-8,10H,9H2,1-4H3,(H2,19,20,21);1-9,17H,(H,15,16);1-9H,(H,15,16);1-4H,(H,9,10). The number of aromatic carboxylic acids is 1. The number of carboxylic acids is 1. The highest BCUT2D eigenvalue weighted by molar-refractivity contribution is 9.10. The Hall–Kier alpha value is -15.2. The average molecular weight is 1950 g/mol. The van der Waals surface area contributed by atoms with E-state index >= 15 is 0 Å². The van der Waals surface area contributed by atoms with E-state index in [1.807, 2.05) is 173 Å². The second kappa shape index (κ2) is 45.3. The Morgan fingerprint density at radius 1 is 0.489 bits per heavy atom. The van der Waals surface area contributed by atoms with Gasteiger partial charge in [0.2, 0.25) is 5.91 Å². The molecule has 0 unspecified atom stereocenters. The molecule has 16 rings (SSSR count). The highest BCUT2D eigenvalue weighted by Crippen LogP contribution is 2.39. The molecule has 6 amide bonds. The van der Waals surface area contributed by atoms with Crippen LogP contribution in [0.4, 0.5) is 61.2 Å². The number of imidazole rings is 1. The summed E-state index contributed by atoms with van der Waals surface area (Å²) in [6.07, 6.45) is 2.03. The van der Waals surface area contributed by atoms with Crippen LogP contribution in [0.2, 0.25) is 0 Å². The fourth-order valence-corrected chi connectivity index (χ4v) is 13.6. The fraction of sp³-hybridized carbons (Fsp3) is 0.178. The van der Waals surface area contributed by atoms with Gasteiger partial charge in [-0.25, -0.2) is 43.7 Å². The van der Waals surface area contributed by atoms with Crippen molar-refractivity contribution in [1.82, 2.24) is 29.1 Å². The molecule has 34 heteroatoms. The van der Waals surface area contributed by atoms with Crippen LogP contribution in [0.3, 0.4) is 0 Å². The molecule has 30 nitrogen and oxygen atoms in total. The van der Waals surface area contributed by atoms with Crippen LogP contribution < -0.4 is 57.9 Å². The lowest BCUT2D eigenvalue weighted by Gasteiger charge is -2.32. The van der Waals surface area contributed by atoms with Crippen LogP contribution in [0.5, 0.6) is 5.75 Å². The van der Waals surface area contributed by atoms with Crippen molar-refractivity contribution in [2.45, 2.75) is 104 Å². The number of benzene rings is 11. The molecule has 5 heterocycles. The third-order valence-corrected chi connectivity index (χ3v) is 21.7. The van der Waals surface area contributed by atoms with Gasteiger partial charge in [-0.2, -0.15) is 0 Å². The molecule has 11 aromatic carbocycles. The van der Waals surface area contributed by atoms with E-state index in [4.69, 9.17) is 45.0 Å². The van der Waals surface area contributed by atoms with Gasteiger partial charge < -0.3 is 61.0 Å². The first kappa shape index (κ1) is 100. The maximum absolute atomic E-state index is 13.9. The van der Waals surface area contributed by atoms with Crippen molar-refractivity contribution >= 4 is 162 Å². The number of carboxylic acid groups (broad SMARTS) is 1. The van der Waals surface area contributed by atoms with Crippen LogP contribution in [0.15, 0.2) is 318 Å². The molecule has 9 N–H and O–H groups in total. The van der Waals surface area contributed by atoms with Crippen LogP contribution >= 0.6 is 31.9 Å². The Morgan fingerprint density at radius 3 is 1.35 bits per heavy atom. The Labute approximate surface area is 798 Å².